The van der Waals surface area contributed by atoms with E-state index in [1.165, 1.54) is 22.3 Å². The molecule has 0 unspecified atom stereocenters. The minimum atomic E-state index is 0.470. The number of ether oxygens (including phenoxy) is 1. The van der Waals surface area contributed by atoms with Gasteiger partial charge in [-0.3, -0.25) is 5.43 Å². The summed E-state index contributed by atoms with van der Waals surface area (Å²) in [6.45, 7) is 4.30. The quantitative estimate of drug-likeness (QED) is 0.636. The van der Waals surface area contributed by atoms with E-state index in [2.05, 4.69) is 41.8 Å². The van der Waals surface area contributed by atoms with Crippen LogP contribution in [0.5, 0.6) is 5.75 Å². The molecular weight excluding hydrogens is 330 g/mol. The predicted molar refractivity (Wildman–Crippen MR) is 108 cm³/mol. The zero-order valence-electron chi connectivity index (χ0n) is 14.8. The third-order valence-electron chi connectivity index (χ3n) is 4.39. The molecule has 0 bridgehead atoms. The van der Waals surface area contributed by atoms with Gasteiger partial charge in [0, 0.05) is 17.3 Å². The zero-order valence-corrected chi connectivity index (χ0v) is 15.7. The smallest absolute Gasteiger partial charge is 0.191 e. The molecule has 0 fully saturated rings. The highest BCUT2D eigenvalue weighted by Gasteiger charge is 2.18. The lowest BCUT2D eigenvalue weighted by molar-refractivity contribution is 0.415. The number of nitrogens with one attached hydrogen (secondary N) is 2. The maximum atomic E-state index is 5.36. The van der Waals surface area contributed by atoms with Crippen LogP contribution in [0.2, 0.25) is 0 Å². The first-order valence-corrected chi connectivity index (χ1v) is 8.86. The fraction of sp³-hybridized carbons (Fsp3) is 0.300. The van der Waals surface area contributed by atoms with Gasteiger partial charge in [-0.2, -0.15) is 5.10 Å². The molecule has 0 heterocycles. The standard InChI is InChI=1S/C20H23N3OS/c1-13-10-14(2)17-8-5-9-19(18(17)11-13)22-23-20(25)21-15-6-4-7-16(12-15)24-3/h4,6-7,10-12H,5,8-9H2,1-3H3,(H2,21,23,25)/b22-19+. The van der Waals surface area contributed by atoms with Crippen molar-refractivity contribution in [1.29, 1.82) is 0 Å². The Morgan fingerprint density at radius 1 is 1.16 bits per heavy atom. The number of nitrogens with zero attached hydrogens (tertiary/aromatic N) is 1. The third kappa shape index (κ3) is 4.17. The highest BCUT2D eigenvalue weighted by Crippen LogP contribution is 2.26. The molecule has 0 saturated heterocycles. The average molecular weight is 353 g/mol. The Kier molecular flexibility index (Phi) is 5.34. The van der Waals surface area contributed by atoms with Crippen LogP contribution < -0.4 is 15.5 Å². The molecule has 3 rings (SSSR count). The number of hydrogen-bond donors (Lipinski definition) is 2. The summed E-state index contributed by atoms with van der Waals surface area (Å²) < 4.78 is 5.22. The summed E-state index contributed by atoms with van der Waals surface area (Å²) in [4.78, 5) is 0. The molecule has 2 aromatic rings. The number of thiocarbonyl (C=S) groups is 1. The Morgan fingerprint density at radius 3 is 2.80 bits per heavy atom. The Hall–Kier alpha value is -2.40. The van der Waals surface area contributed by atoms with Crippen LogP contribution in [-0.2, 0) is 6.42 Å². The van der Waals surface area contributed by atoms with Crippen LogP contribution >= 0.6 is 12.2 Å². The molecule has 25 heavy (non-hydrogen) atoms. The van der Waals surface area contributed by atoms with Crippen molar-refractivity contribution in [2.24, 2.45) is 5.10 Å². The fourth-order valence-corrected chi connectivity index (χ4v) is 3.41. The number of hydrogen-bond acceptors (Lipinski definition) is 3. The van der Waals surface area contributed by atoms with Crippen LogP contribution in [0.3, 0.4) is 0 Å². The van der Waals surface area contributed by atoms with Crippen molar-refractivity contribution in [3.05, 3.63) is 58.7 Å². The van der Waals surface area contributed by atoms with Gasteiger partial charge in [-0.1, -0.05) is 17.7 Å². The van der Waals surface area contributed by atoms with Gasteiger partial charge in [0.1, 0.15) is 5.75 Å². The number of benzene rings is 2. The number of hydrazone groups is 1. The maximum Gasteiger partial charge on any atom is 0.191 e. The van der Waals surface area contributed by atoms with Gasteiger partial charge < -0.3 is 10.1 Å². The van der Waals surface area contributed by atoms with Crippen molar-refractivity contribution in [3.8, 4) is 5.75 Å². The summed E-state index contributed by atoms with van der Waals surface area (Å²) in [5.74, 6) is 0.784. The summed E-state index contributed by atoms with van der Waals surface area (Å²) in [7, 11) is 1.64. The number of anilines is 1. The molecule has 0 atom stereocenters. The molecular formula is C20H23N3OS. The molecule has 0 saturated carbocycles. The number of aryl methyl sites for hydroxylation is 2. The summed E-state index contributed by atoms with van der Waals surface area (Å²) in [5.41, 5.74) is 10.2. The van der Waals surface area contributed by atoms with Crippen molar-refractivity contribution in [1.82, 2.24) is 5.43 Å². The van der Waals surface area contributed by atoms with E-state index >= 15 is 0 Å². The highest BCUT2D eigenvalue weighted by atomic mass is 32.1. The van der Waals surface area contributed by atoms with Crippen LogP contribution in [0, 0.1) is 13.8 Å². The first-order chi connectivity index (χ1) is 12.1. The second kappa shape index (κ2) is 7.66. The maximum absolute atomic E-state index is 5.36. The summed E-state index contributed by atoms with van der Waals surface area (Å²) in [6, 6.07) is 12.1. The predicted octanol–water partition coefficient (Wildman–Crippen LogP) is 4.34. The minimum absolute atomic E-state index is 0.470. The van der Waals surface area contributed by atoms with E-state index < -0.39 is 0 Å². The van der Waals surface area contributed by atoms with Crippen molar-refractivity contribution in [2.75, 3.05) is 12.4 Å². The minimum Gasteiger partial charge on any atom is -0.497 e. The van der Waals surface area contributed by atoms with Crippen LogP contribution in [0.25, 0.3) is 0 Å². The van der Waals surface area contributed by atoms with Gasteiger partial charge in [0.25, 0.3) is 0 Å². The van der Waals surface area contributed by atoms with Gasteiger partial charge in [-0.15, -0.1) is 0 Å². The first-order valence-electron chi connectivity index (χ1n) is 8.45. The van der Waals surface area contributed by atoms with Crippen molar-refractivity contribution in [2.45, 2.75) is 33.1 Å². The van der Waals surface area contributed by atoms with Crippen LogP contribution in [0.15, 0.2) is 41.5 Å². The van der Waals surface area contributed by atoms with E-state index in [1.54, 1.807) is 7.11 Å². The van der Waals surface area contributed by atoms with Gasteiger partial charge in [-0.05, 0) is 74.7 Å². The molecule has 1 aliphatic rings. The largest absolute Gasteiger partial charge is 0.497 e. The van der Waals surface area contributed by atoms with E-state index in [4.69, 9.17) is 17.0 Å². The van der Waals surface area contributed by atoms with Crippen molar-refractivity contribution < 1.29 is 4.74 Å². The molecule has 2 N–H and O–H groups in total. The average Bonchev–Trinajstić information content (AvgIpc) is 2.60. The normalized spacial score (nSPS) is 14.8. The summed E-state index contributed by atoms with van der Waals surface area (Å²) in [5, 5.41) is 8.18. The van der Waals surface area contributed by atoms with Gasteiger partial charge in [0.05, 0.1) is 12.8 Å². The second-order valence-corrected chi connectivity index (χ2v) is 6.73. The van der Waals surface area contributed by atoms with Gasteiger partial charge in [-0.25, -0.2) is 0 Å². The molecule has 0 radical (unpaired) electrons. The lowest BCUT2D eigenvalue weighted by Crippen LogP contribution is -2.26. The topological polar surface area (TPSA) is 45.6 Å². The van der Waals surface area contributed by atoms with E-state index in [1.807, 2.05) is 24.3 Å². The number of fused-ring (bicyclic) bond motifs is 1. The van der Waals surface area contributed by atoms with E-state index in [9.17, 15) is 0 Å². The fourth-order valence-electron chi connectivity index (χ4n) is 3.25. The van der Waals surface area contributed by atoms with Crippen LogP contribution in [0.1, 0.15) is 35.1 Å². The lowest BCUT2D eigenvalue weighted by Gasteiger charge is -2.21. The molecule has 0 aromatic heterocycles. The number of rotatable bonds is 3. The molecule has 1 aliphatic carbocycles. The van der Waals surface area contributed by atoms with Crippen molar-refractivity contribution >= 4 is 28.7 Å². The van der Waals surface area contributed by atoms with E-state index in [0.29, 0.717) is 5.11 Å². The molecule has 4 nitrogen and oxygen atoms in total. The monoisotopic (exact) mass is 353 g/mol. The Bertz CT molecular complexity index is 830. The molecule has 5 heteroatoms. The SMILES string of the molecule is COc1cccc(NC(=S)N/N=C2\CCCc3c(C)cc(C)cc32)c1. The molecule has 2 aromatic carbocycles. The van der Waals surface area contributed by atoms with E-state index in [-0.39, 0.29) is 0 Å². The van der Waals surface area contributed by atoms with Crippen LogP contribution in [-0.4, -0.2) is 17.9 Å². The lowest BCUT2D eigenvalue weighted by atomic mass is 9.86. The second-order valence-electron chi connectivity index (χ2n) is 6.32. The van der Waals surface area contributed by atoms with Gasteiger partial charge in [0.2, 0.25) is 0 Å². The van der Waals surface area contributed by atoms with E-state index in [0.717, 1.165) is 36.4 Å². The van der Waals surface area contributed by atoms with Gasteiger partial charge >= 0.3 is 0 Å². The van der Waals surface area contributed by atoms with Crippen LogP contribution in [0.4, 0.5) is 5.69 Å². The van der Waals surface area contributed by atoms with Gasteiger partial charge in [0.15, 0.2) is 5.11 Å². The van der Waals surface area contributed by atoms with Crippen molar-refractivity contribution in [3.63, 3.8) is 0 Å². The zero-order chi connectivity index (χ0) is 17.8. The number of methoxy groups -OCH3 is 1. The summed E-state index contributed by atoms with van der Waals surface area (Å²) in [6.07, 6.45) is 3.20. The molecule has 130 valence electrons. The Balaban J connectivity index is 1.73. The molecule has 0 amide bonds. The summed E-state index contributed by atoms with van der Waals surface area (Å²) >= 11 is 5.36. The Labute approximate surface area is 154 Å². The Morgan fingerprint density at radius 2 is 2.00 bits per heavy atom. The molecule has 0 aliphatic heterocycles. The highest BCUT2D eigenvalue weighted by molar-refractivity contribution is 7.80. The first kappa shape index (κ1) is 17.4. The molecule has 0 spiro atoms. The third-order valence-corrected chi connectivity index (χ3v) is 4.58.